The fraction of sp³-hybridized carbons (Fsp3) is 0.190. The third-order valence-electron chi connectivity index (χ3n) is 4.50. The van der Waals surface area contributed by atoms with Crippen LogP contribution in [0, 0.1) is 6.92 Å². The minimum Gasteiger partial charge on any atom is -0.392 e. The number of aromatic nitrogens is 1. The Morgan fingerprint density at radius 1 is 1.17 bits per heavy atom. The molecule has 0 saturated carbocycles. The van der Waals surface area contributed by atoms with Crippen molar-refractivity contribution in [3.8, 4) is 11.3 Å². The third-order valence-corrected chi connectivity index (χ3v) is 5.31. The first kappa shape index (κ1) is 19.1. The highest BCUT2D eigenvalue weighted by molar-refractivity contribution is 7.14. The summed E-state index contributed by atoms with van der Waals surface area (Å²) in [4.78, 5) is 17.4. The molecule has 0 bridgehead atoms. The number of aliphatic hydroxyl groups is 1. The average Bonchev–Trinajstić information content (AvgIpc) is 3.32. The van der Waals surface area contributed by atoms with Crippen molar-refractivity contribution in [3.63, 3.8) is 0 Å². The summed E-state index contributed by atoms with van der Waals surface area (Å²) in [5, 5.41) is 25.6. The van der Waals surface area contributed by atoms with E-state index < -0.39 is 6.04 Å². The number of hydrazone groups is 1. The van der Waals surface area contributed by atoms with Gasteiger partial charge >= 0.3 is 0 Å². The zero-order chi connectivity index (χ0) is 20.4. The first-order valence-electron chi connectivity index (χ1n) is 9.07. The van der Waals surface area contributed by atoms with Gasteiger partial charge < -0.3 is 5.11 Å². The Morgan fingerprint density at radius 2 is 1.97 bits per heavy atom. The number of hydrogen-bond acceptors (Lipinski definition) is 7. The van der Waals surface area contributed by atoms with E-state index >= 15 is 0 Å². The van der Waals surface area contributed by atoms with Crippen LogP contribution in [0.2, 0.25) is 0 Å². The van der Waals surface area contributed by atoms with Crippen LogP contribution < -0.4 is 5.01 Å². The first-order valence-corrected chi connectivity index (χ1v) is 9.95. The molecule has 4 rings (SSSR count). The quantitative estimate of drug-likeness (QED) is 0.634. The normalized spacial score (nSPS) is 16.7. The van der Waals surface area contributed by atoms with Crippen molar-refractivity contribution in [2.45, 2.75) is 26.5 Å². The Hall–Kier alpha value is -3.23. The lowest BCUT2D eigenvalue weighted by Gasteiger charge is -2.08. The molecule has 1 aliphatic rings. The fourth-order valence-electron chi connectivity index (χ4n) is 2.89. The van der Waals surface area contributed by atoms with Gasteiger partial charge in [0.15, 0.2) is 6.04 Å². The minimum absolute atomic E-state index is 0.0760. The molecule has 0 radical (unpaired) electrons. The zero-order valence-electron chi connectivity index (χ0n) is 16.0. The molecule has 1 aromatic heterocycles. The molecule has 8 heteroatoms. The van der Waals surface area contributed by atoms with E-state index in [1.807, 2.05) is 36.6 Å². The van der Waals surface area contributed by atoms with Crippen molar-refractivity contribution in [3.05, 3.63) is 65.0 Å². The van der Waals surface area contributed by atoms with E-state index in [4.69, 9.17) is 0 Å². The number of thiazole rings is 1. The summed E-state index contributed by atoms with van der Waals surface area (Å²) in [6, 6.07) is 14.4. The van der Waals surface area contributed by atoms with Gasteiger partial charge in [-0.15, -0.1) is 11.3 Å². The maximum absolute atomic E-state index is 12.8. The predicted octanol–water partition coefficient (Wildman–Crippen LogP) is 4.49. The van der Waals surface area contributed by atoms with E-state index in [9.17, 15) is 9.90 Å². The number of rotatable bonds is 5. The van der Waals surface area contributed by atoms with Crippen molar-refractivity contribution in [1.29, 1.82) is 0 Å². The molecule has 1 unspecified atom stereocenters. The SMILES string of the molecule is CC1=NN(c2nc(-c3ccc(C)cc3)cs2)C(=O)C1/N=N/c1cccc(CO)c1. The number of amides is 1. The van der Waals surface area contributed by atoms with E-state index in [-0.39, 0.29) is 12.5 Å². The number of hydrogen-bond donors (Lipinski definition) is 1. The lowest BCUT2D eigenvalue weighted by molar-refractivity contribution is -0.117. The molecular weight excluding hydrogens is 386 g/mol. The second-order valence-corrected chi connectivity index (χ2v) is 7.56. The summed E-state index contributed by atoms with van der Waals surface area (Å²) >= 11 is 1.36. The van der Waals surface area contributed by atoms with Gasteiger partial charge in [0.2, 0.25) is 5.13 Å². The highest BCUT2D eigenvalue weighted by Crippen LogP contribution is 2.30. The van der Waals surface area contributed by atoms with Gasteiger partial charge in [-0.2, -0.15) is 20.3 Å². The van der Waals surface area contributed by atoms with E-state index in [2.05, 4.69) is 20.3 Å². The Labute approximate surface area is 172 Å². The van der Waals surface area contributed by atoms with Gasteiger partial charge in [0.25, 0.3) is 5.91 Å². The Bertz CT molecular complexity index is 1100. The molecular formula is C21H19N5O2S. The molecule has 0 fully saturated rings. The second kappa shape index (κ2) is 8.02. The molecule has 1 amide bonds. The number of aryl methyl sites for hydroxylation is 1. The topological polar surface area (TPSA) is 90.5 Å². The van der Waals surface area contributed by atoms with Gasteiger partial charge in [-0.25, -0.2) is 4.98 Å². The molecule has 0 spiro atoms. The van der Waals surface area contributed by atoms with Crippen LogP contribution in [-0.4, -0.2) is 27.8 Å². The number of carbonyl (C=O) groups is 1. The van der Waals surface area contributed by atoms with Crippen molar-refractivity contribution >= 4 is 33.8 Å². The first-order chi connectivity index (χ1) is 14.0. The van der Waals surface area contributed by atoms with Gasteiger partial charge in [-0.3, -0.25) is 4.79 Å². The van der Waals surface area contributed by atoms with Crippen LogP contribution in [0.3, 0.4) is 0 Å². The van der Waals surface area contributed by atoms with E-state index in [1.54, 1.807) is 31.2 Å². The number of nitrogens with zero attached hydrogens (tertiary/aromatic N) is 5. The number of aliphatic hydroxyl groups excluding tert-OH is 1. The number of benzene rings is 2. The highest BCUT2D eigenvalue weighted by atomic mass is 32.1. The molecule has 3 aromatic rings. The maximum Gasteiger partial charge on any atom is 0.282 e. The molecule has 2 heterocycles. The summed E-state index contributed by atoms with van der Waals surface area (Å²) in [6.45, 7) is 3.71. The van der Waals surface area contributed by atoms with Crippen molar-refractivity contribution in [1.82, 2.24) is 4.98 Å². The third kappa shape index (κ3) is 3.98. The molecule has 1 aliphatic heterocycles. The van der Waals surface area contributed by atoms with Gasteiger partial charge in [-0.1, -0.05) is 42.0 Å². The summed E-state index contributed by atoms with van der Waals surface area (Å²) in [5.41, 5.74) is 4.84. The van der Waals surface area contributed by atoms with Gasteiger partial charge in [0, 0.05) is 10.9 Å². The van der Waals surface area contributed by atoms with E-state index in [0.29, 0.717) is 16.5 Å². The van der Waals surface area contributed by atoms with Crippen molar-refractivity contribution in [2.75, 3.05) is 5.01 Å². The van der Waals surface area contributed by atoms with Gasteiger partial charge in [-0.05, 0) is 31.5 Å². The molecule has 1 atom stereocenters. The van der Waals surface area contributed by atoms with E-state index in [1.165, 1.54) is 21.9 Å². The average molecular weight is 405 g/mol. The van der Waals surface area contributed by atoms with Crippen LogP contribution in [0.1, 0.15) is 18.1 Å². The molecule has 146 valence electrons. The second-order valence-electron chi connectivity index (χ2n) is 6.72. The maximum atomic E-state index is 12.8. The minimum atomic E-state index is -0.778. The Morgan fingerprint density at radius 3 is 2.72 bits per heavy atom. The predicted molar refractivity (Wildman–Crippen MR) is 114 cm³/mol. The number of azo groups is 1. The Balaban J connectivity index is 1.53. The monoisotopic (exact) mass is 405 g/mol. The number of anilines is 1. The number of carbonyl (C=O) groups excluding carboxylic acids is 1. The van der Waals surface area contributed by atoms with Crippen LogP contribution in [0.25, 0.3) is 11.3 Å². The van der Waals surface area contributed by atoms with Gasteiger partial charge in [0.05, 0.1) is 23.7 Å². The molecule has 7 nitrogen and oxygen atoms in total. The van der Waals surface area contributed by atoms with Crippen molar-refractivity contribution < 1.29 is 9.90 Å². The zero-order valence-corrected chi connectivity index (χ0v) is 16.8. The summed E-state index contributed by atoms with van der Waals surface area (Å²) < 4.78 is 0. The van der Waals surface area contributed by atoms with Crippen molar-refractivity contribution in [2.24, 2.45) is 15.3 Å². The van der Waals surface area contributed by atoms with Crippen LogP contribution in [0.15, 0.2) is 69.2 Å². The van der Waals surface area contributed by atoms with Crippen LogP contribution in [0.5, 0.6) is 0 Å². The Kier molecular flexibility index (Phi) is 5.28. The summed E-state index contributed by atoms with van der Waals surface area (Å²) in [6.07, 6.45) is 0. The molecule has 29 heavy (non-hydrogen) atoms. The lowest BCUT2D eigenvalue weighted by Crippen LogP contribution is -2.29. The van der Waals surface area contributed by atoms with Crippen LogP contribution >= 0.6 is 11.3 Å². The highest BCUT2D eigenvalue weighted by Gasteiger charge is 2.36. The molecule has 0 aliphatic carbocycles. The van der Waals surface area contributed by atoms with E-state index in [0.717, 1.165) is 16.8 Å². The molecule has 0 saturated heterocycles. The largest absolute Gasteiger partial charge is 0.392 e. The summed E-state index contributed by atoms with van der Waals surface area (Å²) in [7, 11) is 0. The standard InChI is InChI=1S/C21H19N5O2S/c1-13-6-8-16(9-7-13)18-12-29-21(22-18)26-20(28)19(14(2)25-26)24-23-17-5-3-4-15(10-17)11-27/h3-10,12,19,27H,11H2,1-2H3/b24-23+. The van der Waals surface area contributed by atoms with Crippen LogP contribution in [0.4, 0.5) is 10.8 Å². The van der Waals surface area contributed by atoms with Gasteiger partial charge in [0.1, 0.15) is 0 Å². The fourth-order valence-corrected chi connectivity index (χ4v) is 3.67. The summed E-state index contributed by atoms with van der Waals surface area (Å²) in [5.74, 6) is -0.283. The smallest absolute Gasteiger partial charge is 0.282 e. The molecule has 1 N–H and O–H groups in total. The van der Waals surface area contributed by atoms with Crippen LogP contribution in [-0.2, 0) is 11.4 Å². The lowest BCUT2D eigenvalue weighted by atomic mass is 10.1. The molecule has 2 aromatic carbocycles.